The maximum Gasteiger partial charge on any atom is 0.481 e. The summed E-state index contributed by atoms with van der Waals surface area (Å²) in [6.45, 7) is 3.54. The number of nitrogens with zero attached hydrogens (tertiary/aromatic N) is 2. The van der Waals surface area contributed by atoms with Crippen molar-refractivity contribution in [1.29, 1.82) is 0 Å². The highest BCUT2D eigenvalue weighted by molar-refractivity contribution is 5.97. The number of rotatable bonds is 2. The molecular formula is C16H20BN2O2+. The molecule has 3 saturated heterocycles. The van der Waals surface area contributed by atoms with Gasteiger partial charge in [0.1, 0.15) is 13.2 Å². The molecule has 4 aliphatic rings. The number of hydrogen-bond donors (Lipinski definition) is 0. The molecule has 1 atom stereocenters. The molecule has 2 radical (unpaired) electrons. The molecule has 2 bridgehead atoms. The quantitative estimate of drug-likeness (QED) is 0.777. The summed E-state index contributed by atoms with van der Waals surface area (Å²) in [5, 5.41) is 4.21. The Balaban J connectivity index is 1.40. The van der Waals surface area contributed by atoms with E-state index in [-0.39, 0.29) is 5.60 Å². The Morgan fingerprint density at radius 2 is 2.05 bits per heavy atom. The van der Waals surface area contributed by atoms with Gasteiger partial charge in [-0.05, 0) is 5.56 Å². The average Bonchev–Trinajstić information content (AvgIpc) is 2.89. The maximum absolute atomic E-state index is 6.43. The Morgan fingerprint density at radius 3 is 2.76 bits per heavy atom. The number of benzene rings is 1. The van der Waals surface area contributed by atoms with Crippen molar-refractivity contribution < 1.29 is 14.0 Å². The number of hydrogen-bond acceptors (Lipinski definition) is 3. The molecule has 1 unspecified atom stereocenters. The van der Waals surface area contributed by atoms with E-state index >= 15 is 0 Å². The lowest BCUT2D eigenvalue weighted by Crippen LogP contribution is -2.68. The Labute approximate surface area is 126 Å². The predicted octanol–water partition coefficient (Wildman–Crippen LogP) is 2.00. The standard InChI is InChI=1S/C16H20BN2O2/c17-19-8-6-14(7-9-19)16(12-19)10-15(18-21-16)20-11-13-4-2-1-3-5-13/h1-5,14H,6-12H2/q+1. The molecule has 108 valence electrons. The summed E-state index contributed by atoms with van der Waals surface area (Å²) in [7, 11) is 6.43. The van der Waals surface area contributed by atoms with Crippen molar-refractivity contribution in [2.24, 2.45) is 11.1 Å². The van der Waals surface area contributed by atoms with Gasteiger partial charge in [0.2, 0.25) is 5.90 Å². The van der Waals surface area contributed by atoms with E-state index in [1.165, 1.54) is 0 Å². The van der Waals surface area contributed by atoms with Crippen LogP contribution in [0.3, 0.4) is 0 Å². The lowest BCUT2D eigenvalue weighted by Gasteiger charge is -2.54. The highest BCUT2D eigenvalue weighted by atomic mass is 16.7. The van der Waals surface area contributed by atoms with Crippen LogP contribution < -0.4 is 0 Å². The molecule has 0 aliphatic carbocycles. The minimum Gasteiger partial charge on any atom is -0.474 e. The number of ether oxygens (including phenoxy) is 1. The average molecular weight is 283 g/mol. The first kappa shape index (κ1) is 13.2. The third-order valence-electron chi connectivity index (χ3n) is 5.20. The Hall–Kier alpha value is -1.49. The number of quaternary nitrogens is 1. The van der Waals surface area contributed by atoms with Gasteiger partial charge in [-0.15, -0.1) is 0 Å². The minimum absolute atomic E-state index is 0.211. The van der Waals surface area contributed by atoms with Crippen molar-refractivity contribution >= 4 is 13.9 Å². The van der Waals surface area contributed by atoms with Crippen LogP contribution >= 0.6 is 0 Å². The van der Waals surface area contributed by atoms with E-state index in [4.69, 9.17) is 17.6 Å². The first-order valence-electron chi connectivity index (χ1n) is 7.74. The van der Waals surface area contributed by atoms with Gasteiger partial charge < -0.3 is 14.0 Å². The van der Waals surface area contributed by atoms with Gasteiger partial charge in [0.15, 0.2) is 5.60 Å². The molecule has 1 spiro atoms. The van der Waals surface area contributed by atoms with Crippen LogP contribution in [-0.4, -0.2) is 43.5 Å². The van der Waals surface area contributed by atoms with Gasteiger partial charge in [-0.2, -0.15) is 0 Å². The Kier molecular flexibility index (Phi) is 3.00. The van der Waals surface area contributed by atoms with Crippen LogP contribution in [0, 0.1) is 5.92 Å². The van der Waals surface area contributed by atoms with E-state index in [9.17, 15) is 0 Å². The second-order valence-electron chi connectivity index (χ2n) is 6.69. The van der Waals surface area contributed by atoms with Gasteiger partial charge in [-0.25, -0.2) is 0 Å². The van der Waals surface area contributed by atoms with Gasteiger partial charge in [0, 0.05) is 18.8 Å². The number of fused-ring (bicyclic) bond motifs is 2. The van der Waals surface area contributed by atoms with Crippen molar-refractivity contribution in [1.82, 2.24) is 0 Å². The molecule has 0 aromatic heterocycles. The topological polar surface area (TPSA) is 30.8 Å². The summed E-state index contributed by atoms with van der Waals surface area (Å²) in [5.74, 6) is 1.29. The Bertz CT molecular complexity index is 555. The van der Waals surface area contributed by atoms with Crippen LogP contribution in [0.1, 0.15) is 24.8 Å². The number of oxime groups is 1. The third kappa shape index (κ3) is 2.33. The predicted molar refractivity (Wildman–Crippen MR) is 80.4 cm³/mol. The van der Waals surface area contributed by atoms with Crippen molar-refractivity contribution in [2.45, 2.75) is 31.5 Å². The summed E-state index contributed by atoms with van der Waals surface area (Å²) >= 11 is 0. The van der Waals surface area contributed by atoms with E-state index in [0.717, 1.165) is 50.4 Å². The molecule has 0 saturated carbocycles. The van der Waals surface area contributed by atoms with Crippen molar-refractivity contribution in [3.8, 4) is 0 Å². The van der Waals surface area contributed by atoms with Crippen molar-refractivity contribution in [3.63, 3.8) is 0 Å². The number of piperidine rings is 3. The molecule has 5 rings (SSSR count). The van der Waals surface area contributed by atoms with E-state index in [1.807, 2.05) is 18.2 Å². The molecule has 21 heavy (non-hydrogen) atoms. The van der Waals surface area contributed by atoms with E-state index in [0.29, 0.717) is 16.9 Å². The molecule has 0 N–H and O–H groups in total. The van der Waals surface area contributed by atoms with Gasteiger partial charge in [0.25, 0.3) is 0 Å². The zero-order valence-corrected chi connectivity index (χ0v) is 12.2. The normalized spacial score (nSPS) is 37.3. The maximum atomic E-state index is 6.43. The molecule has 4 heterocycles. The van der Waals surface area contributed by atoms with Gasteiger partial charge in [0.05, 0.1) is 19.5 Å². The van der Waals surface area contributed by atoms with E-state index < -0.39 is 0 Å². The van der Waals surface area contributed by atoms with Gasteiger partial charge >= 0.3 is 7.98 Å². The van der Waals surface area contributed by atoms with E-state index in [2.05, 4.69) is 17.3 Å². The van der Waals surface area contributed by atoms with Crippen LogP contribution in [0.2, 0.25) is 0 Å². The Morgan fingerprint density at radius 1 is 1.29 bits per heavy atom. The van der Waals surface area contributed by atoms with Crippen LogP contribution in [0.4, 0.5) is 0 Å². The second-order valence-corrected chi connectivity index (χ2v) is 6.69. The highest BCUT2D eigenvalue weighted by Crippen LogP contribution is 2.45. The summed E-state index contributed by atoms with van der Waals surface area (Å²) in [6.07, 6.45) is 3.04. The van der Waals surface area contributed by atoms with Crippen LogP contribution in [0.5, 0.6) is 0 Å². The fraction of sp³-hybridized carbons (Fsp3) is 0.562. The van der Waals surface area contributed by atoms with Crippen LogP contribution in [-0.2, 0) is 16.2 Å². The third-order valence-corrected chi connectivity index (χ3v) is 5.20. The summed E-state index contributed by atoms with van der Waals surface area (Å²) in [5.41, 5.74) is 0.939. The first-order chi connectivity index (χ1) is 10.2. The monoisotopic (exact) mass is 283 g/mol. The second kappa shape index (κ2) is 4.77. The largest absolute Gasteiger partial charge is 0.481 e. The highest BCUT2D eigenvalue weighted by Gasteiger charge is 2.58. The molecule has 1 aromatic carbocycles. The smallest absolute Gasteiger partial charge is 0.474 e. The molecule has 0 amide bonds. The zero-order chi connectivity index (χ0) is 14.3. The molecular weight excluding hydrogens is 263 g/mol. The lowest BCUT2D eigenvalue weighted by molar-refractivity contribution is -0.846. The lowest BCUT2D eigenvalue weighted by atomic mass is 9.70. The van der Waals surface area contributed by atoms with E-state index in [1.54, 1.807) is 0 Å². The summed E-state index contributed by atoms with van der Waals surface area (Å²) < 4.78 is 6.47. The molecule has 3 fully saturated rings. The van der Waals surface area contributed by atoms with Crippen molar-refractivity contribution in [2.75, 3.05) is 19.6 Å². The SMILES string of the molecule is [B][N+]12CCC(CC1)C1(CC(OCc3ccccc3)=NO1)C2. The first-order valence-corrected chi connectivity index (χ1v) is 7.74. The molecule has 5 heteroatoms. The zero-order valence-electron chi connectivity index (χ0n) is 12.2. The van der Waals surface area contributed by atoms with Crippen molar-refractivity contribution in [3.05, 3.63) is 35.9 Å². The van der Waals surface area contributed by atoms with Gasteiger partial charge in [-0.1, -0.05) is 35.5 Å². The van der Waals surface area contributed by atoms with Gasteiger partial charge in [-0.3, -0.25) is 0 Å². The van der Waals surface area contributed by atoms with Crippen LogP contribution in [0.25, 0.3) is 0 Å². The molecule has 1 aromatic rings. The summed E-state index contributed by atoms with van der Waals surface area (Å²) in [4.78, 5) is 5.85. The molecule has 4 nitrogen and oxygen atoms in total. The minimum atomic E-state index is -0.211. The van der Waals surface area contributed by atoms with Crippen LogP contribution in [0.15, 0.2) is 35.5 Å². The summed E-state index contributed by atoms with van der Waals surface area (Å²) in [6, 6.07) is 10.2. The fourth-order valence-electron chi connectivity index (χ4n) is 4.01. The molecule has 4 aliphatic heterocycles. The fourth-order valence-corrected chi connectivity index (χ4v) is 4.01.